The van der Waals surface area contributed by atoms with Crippen molar-refractivity contribution < 1.29 is 27.1 Å². The number of esters is 1. The molecule has 0 aromatic carbocycles. The largest absolute Gasteiger partial charge is 0.394 e. The lowest BCUT2D eigenvalue weighted by Crippen LogP contribution is -2.02. The predicted molar refractivity (Wildman–Crippen MR) is 26.7 cm³/mol. The minimum Gasteiger partial charge on any atom is -0.394 e. The van der Waals surface area contributed by atoms with Crippen LogP contribution >= 0.6 is 0 Å². The molecule has 0 bridgehead atoms. The average Bonchev–Trinajstić information content (AvgIpc) is 1.84. The minimum atomic E-state index is -2.86. The highest BCUT2D eigenvalue weighted by molar-refractivity contribution is 5.86. The van der Waals surface area contributed by atoms with Gasteiger partial charge in [0.2, 0.25) is 0 Å². The van der Waals surface area contributed by atoms with Gasteiger partial charge in [0.05, 0.1) is 0 Å². The SMILES string of the molecule is C=C(F)OC(=O)C(F)=C(F)F. The molecule has 0 N–H and O–H groups in total. The molecule has 0 aliphatic rings. The Kier molecular flexibility index (Phi) is 3.29. The third-order valence-electron chi connectivity index (χ3n) is 0.549. The zero-order valence-electron chi connectivity index (χ0n) is 5.04. The summed E-state index contributed by atoms with van der Waals surface area (Å²) in [5.41, 5.74) is 0. The fraction of sp³-hybridized carbons (Fsp3) is 0. The van der Waals surface area contributed by atoms with E-state index in [0.717, 1.165) is 0 Å². The van der Waals surface area contributed by atoms with E-state index < -0.39 is 23.9 Å². The van der Waals surface area contributed by atoms with E-state index in [1.165, 1.54) is 0 Å². The van der Waals surface area contributed by atoms with Crippen LogP contribution in [-0.4, -0.2) is 5.97 Å². The molecule has 0 aliphatic heterocycles. The van der Waals surface area contributed by atoms with Crippen LogP contribution in [0.4, 0.5) is 17.6 Å². The van der Waals surface area contributed by atoms with Gasteiger partial charge in [0.25, 0.3) is 11.8 Å². The number of hydrogen-bond acceptors (Lipinski definition) is 2. The molecule has 0 radical (unpaired) electrons. The van der Waals surface area contributed by atoms with E-state index >= 15 is 0 Å². The summed E-state index contributed by atoms with van der Waals surface area (Å²) in [6.07, 6.45) is -2.86. The maximum absolute atomic E-state index is 11.7. The Balaban J connectivity index is 4.28. The van der Waals surface area contributed by atoms with Gasteiger partial charge >= 0.3 is 12.0 Å². The molecule has 2 nitrogen and oxygen atoms in total. The molecule has 0 aromatic heterocycles. The Bertz CT molecular complexity index is 217. The van der Waals surface area contributed by atoms with Crippen molar-refractivity contribution in [3.05, 3.63) is 24.5 Å². The van der Waals surface area contributed by atoms with Crippen molar-refractivity contribution in [1.82, 2.24) is 0 Å². The third-order valence-corrected chi connectivity index (χ3v) is 0.549. The lowest BCUT2D eigenvalue weighted by molar-refractivity contribution is -0.139. The molecule has 0 heterocycles. The first-order chi connectivity index (χ1) is 4.95. The molecule has 11 heavy (non-hydrogen) atoms. The lowest BCUT2D eigenvalue weighted by Gasteiger charge is -1.94. The van der Waals surface area contributed by atoms with Crippen molar-refractivity contribution >= 4 is 5.97 Å². The summed E-state index contributed by atoms with van der Waals surface area (Å²) in [6.45, 7) is 2.39. The van der Waals surface area contributed by atoms with Crippen molar-refractivity contribution in [1.29, 1.82) is 0 Å². The fourth-order valence-electron chi connectivity index (χ4n) is 0.223. The zero-order valence-corrected chi connectivity index (χ0v) is 5.04. The van der Waals surface area contributed by atoms with Crippen molar-refractivity contribution in [3.8, 4) is 0 Å². The van der Waals surface area contributed by atoms with Crippen LogP contribution in [0.3, 0.4) is 0 Å². The Labute approximate surface area is 58.8 Å². The monoisotopic (exact) mass is 170 g/mol. The van der Waals surface area contributed by atoms with Crippen LogP contribution in [0.1, 0.15) is 0 Å². The van der Waals surface area contributed by atoms with Gasteiger partial charge in [-0.3, -0.25) is 0 Å². The molecule has 0 saturated carbocycles. The molecular formula is C5H2F4O2. The van der Waals surface area contributed by atoms with E-state index in [9.17, 15) is 22.4 Å². The molecule has 0 aliphatic carbocycles. The number of halogens is 4. The molecule has 0 atom stereocenters. The Morgan fingerprint density at radius 2 is 1.64 bits per heavy atom. The topological polar surface area (TPSA) is 26.3 Å². The first kappa shape index (κ1) is 9.67. The number of rotatable bonds is 2. The molecule has 0 aromatic rings. The normalized spacial score (nSPS) is 8.73. The summed E-state index contributed by atoms with van der Waals surface area (Å²) in [6, 6.07) is -1.65. The summed E-state index contributed by atoms with van der Waals surface area (Å²) < 4.78 is 48.9. The van der Waals surface area contributed by atoms with Gasteiger partial charge in [0.15, 0.2) is 0 Å². The van der Waals surface area contributed by atoms with E-state index in [1.807, 2.05) is 0 Å². The Hall–Kier alpha value is -1.33. The highest BCUT2D eigenvalue weighted by Crippen LogP contribution is 2.12. The molecular weight excluding hydrogens is 168 g/mol. The first-order valence-corrected chi connectivity index (χ1v) is 2.22. The van der Waals surface area contributed by atoms with Gasteiger partial charge in [-0.05, 0) is 6.58 Å². The van der Waals surface area contributed by atoms with Crippen LogP contribution < -0.4 is 0 Å². The van der Waals surface area contributed by atoms with E-state index in [-0.39, 0.29) is 0 Å². The maximum Gasteiger partial charge on any atom is 0.380 e. The lowest BCUT2D eigenvalue weighted by atomic mass is 10.6. The van der Waals surface area contributed by atoms with Gasteiger partial charge in [-0.25, -0.2) is 4.79 Å². The summed E-state index contributed by atoms with van der Waals surface area (Å²) in [5.74, 6) is -4.53. The van der Waals surface area contributed by atoms with E-state index in [1.54, 1.807) is 0 Å². The number of carbonyl (C=O) groups is 1. The predicted octanol–water partition coefficient (Wildman–Crippen LogP) is 2.05. The highest BCUT2D eigenvalue weighted by atomic mass is 19.3. The smallest absolute Gasteiger partial charge is 0.380 e. The second kappa shape index (κ2) is 3.75. The molecule has 0 amide bonds. The van der Waals surface area contributed by atoms with Crippen molar-refractivity contribution in [2.45, 2.75) is 0 Å². The van der Waals surface area contributed by atoms with Gasteiger partial charge in [0, 0.05) is 0 Å². The van der Waals surface area contributed by atoms with Crippen LogP contribution in [-0.2, 0) is 9.53 Å². The first-order valence-electron chi connectivity index (χ1n) is 2.22. The molecule has 62 valence electrons. The summed E-state index contributed by atoms with van der Waals surface area (Å²) in [4.78, 5) is 9.96. The molecule has 0 saturated heterocycles. The number of carbonyl (C=O) groups excluding carboxylic acids is 1. The van der Waals surface area contributed by atoms with Gasteiger partial charge in [-0.2, -0.15) is 17.6 Å². The maximum atomic E-state index is 11.7. The van der Waals surface area contributed by atoms with Crippen LogP contribution in [0.15, 0.2) is 24.5 Å². The van der Waals surface area contributed by atoms with Gasteiger partial charge in [-0.15, -0.1) is 0 Å². The molecule has 0 spiro atoms. The zero-order chi connectivity index (χ0) is 9.02. The average molecular weight is 170 g/mol. The van der Waals surface area contributed by atoms with E-state index in [4.69, 9.17) is 0 Å². The number of ether oxygens (including phenoxy) is 1. The van der Waals surface area contributed by atoms with Crippen LogP contribution in [0, 0.1) is 0 Å². The molecule has 0 fully saturated rings. The Morgan fingerprint density at radius 3 is 1.91 bits per heavy atom. The van der Waals surface area contributed by atoms with E-state index in [2.05, 4.69) is 11.3 Å². The third kappa shape index (κ3) is 3.39. The van der Waals surface area contributed by atoms with E-state index in [0.29, 0.717) is 0 Å². The highest BCUT2D eigenvalue weighted by Gasteiger charge is 2.18. The standard InChI is InChI=1S/C5H2F4O2/c1-2(6)11-5(10)3(7)4(8)9/h1H2. The van der Waals surface area contributed by atoms with Gasteiger partial charge in [0.1, 0.15) is 0 Å². The van der Waals surface area contributed by atoms with Crippen molar-refractivity contribution in [2.75, 3.05) is 0 Å². The molecule has 0 unspecified atom stereocenters. The Morgan fingerprint density at radius 1 is 1.18 bits per heavy atom. The second-order valence-electron chi connectivity index (χ2n) is 1.32. The minimum absolute atomic E-state index is 1.65. The summed E-state index contributed by atoms with van der Waals surface area (Å²) in [7, 11) is 0. The van der Waals surface area contributed by atoms with Gasteiger partial charge in [-0.1, -0.05) is 0 Å². The number of hydrogen-bond donors (Lipinski definition) is 0. The fourth-order valence-corrected chi connectivity index (χ4v) is 0.223. The van der Waals surface area contributed by atoms with Crippen LogP contribution in [0.5, 0.6) is 0 Å². The summed E-state index contributed by atoms with van der Waals surface area (Å²) in [5, 5.41) is 0. The summed E-state index contributed by atoms with van der Waals surface area (Å²) >= 11 is 0. The van der Waals surface area contributed by atoms with Crippen molar-refractivity contribution in [3.63, 3.8) is 0 Å². The molecule has 6 heteroatoms. The van der Waals surface area contributed by atoms with Crippen LogP contribution in [0.25, 0.3) is 0 Å². The second-order valence-corrected chi connectivity index (χ2v) is 1.32. The van der Waals surface area contributed by atoms with Crippen molar-refractivity contribution in [2.24, 2.45) is 0 Å². The van der Waals surface area contributed by atoms with Crippen LogP contribution in [0.2, 0.25) is 0 Å². The quantitative estimate of drug-likeness (QED) is 0.274. The molecule has 0 rings (SSSR count). The van der Waals surface area contributed by atoms with Gasteiger partial charge < -0.3 is 4.74 Å².